The van der Waals surface area contributed by atoms with Crippen molar-refractivity contribution < 1.29 is 46.6 Å². The molecule has 1 aliphatic rings. The number of alkyl carbamates (subject to hydrolysis) is 1. The van der Waals surface area contributed by atoms with E-state index in [1.54, 1.807) is 0 Å². The summed E-state index contributed by atoms with van der Waals surface area (Å²) < 4.78 is 58.0. The number of fused-ring (bicyclic) bond motifs is 3. The second-order valence-corrected chi connectivity index (χ2v) is 19.9. The zero-order chi connectivity index (χ0) is 39.3. The molecule has 0 saturated heterocycles. The van der Waals surface area contributed by atoms with Gasteiger partial charge in [0, 0.05) is 5.92 Å². The number of carbonyl (C=O) groups is 3. The van der Waals surface area contributed by atoms with Crippen LogP contribution in [0.1, 0.15) is 63.3 Å². The highest BCUT2D eigenvalue weighted by molar-refractivity contribution is 6.74. The fourth-order valence-electron chi connectivity index (χ4n) is 5.87. The second kappa shape index (κ2) is 16.7. The smallest absolute Gasteiger partial charge is 0.416 e. The summed E-state index contributed by atoms with van der Waals surface area (Å²) in [5.41, 5.74) is 4.30. The molecule has 0 unspecified atom stereocenters. The van der Waals surface area contributed by atoms with Crippen LogP contribution in [0.2, 0.25) is 18.1 Å². The van der Waals surface area contributed by atoms with E-state index in [-0.39, 0.29) is 29.7 Å². The number of amides is 3. The molecule has 3 amide bonds. The third-order valence-corrected chi connectivity index (χ3v) is 14.6. The van der Waals surface area contributed by atoms with E-state index in [2.05, 4.69) is 16.0 Å². The number of halogens is 3. The Labute approximate surface area is 309 Å². The maximum Gasteiger partial charge on any atom is 0.416 e. The number of hydrogen-bond donors (Lipinski definition) is 4. The lowest BCUT2D eigenvalue weighted by Gasteiger charge is -2.37. The highest BCUT2D eigenvalue weighted by atomic mass is 28.4. The maximum absolute atomic E-state index is 14.1. The Hall–Kier alpha value is -4.40. The monoisotopic (exact) mass is 757 g/mol. The molecule has 0 aromatic heterocycles. The lowest BCUT2D eigenvalue weighted by atomic mass is 9.96. The molecule has 288 valence electrons. The first kappa shape index (κ1) is 41.4. The van der Waals surface area contributed by atoms with Gasteiger partial charge in [-0.3, -0.25) is 9.59 Å². The van der Waals surface area contributed by atoms with Gasteiger partial charge in [0.2, 0.25) is 11.8 Å². The fraction of sp³-hybridized carbons (Fsp3) is 0.462. The molecule has 1 aliphatic carbocycles. The zero-order valence-electron chi connectivity index (χ0n) is 31.3. The first-order valence-corrected chi connectivity index (χ1v) is 20.4. The Bertz CT molecular complexity index is 1700. The molecule has 0 bridgehead atoms. The largest absolute Gasteiger partial charge is 0.497 e. The first-order chi connectivity index (χ1) is 24.7. The summed E-state index contributed by atoms with van der Waals surface area (Å²) in [6, 6.07) is 17.1. The van der Waals surface area contributed by atoms with E-state index in [0.717, 1.165) is 22.3 Å². The number of alkyl halides is 3. The zero-order valence-corrected chi connectivity index (χ0v) is 32.3. The molecular weight excluding hydrogens is 708 g/mol. The van der Waals surface area contributed by atoms with Gasteiger partial charge in [0.25, 0.3) is 0 Å². The van der Waals surface area contributed by atoms with Crippen molar-refractivity contribution in [3.63, 3.8) is 0 Å². The number of hydrogen-bond acceptors (Lipinski definition) is 7. The minimum atomic E-state index is -5.01. The van der Waals surface area contributed by atoms with Crippen LogP contribution in [0.25, 0.3) is 11.1 Å². The van der Waals surface area contributed by atoms with Gasteiger partial charge in [0.1, 0.15) is 24.4 Å². The quantitative estimate of drug-likeness (QED) is 0.132. The lowest BCUT2D eigenvalue weighted by Crippen LogP contribution is -2.57. The summed E-state index contributed by atoms with van der Waals surface area (Å²) in [5.74, 6) is -2.48. The van der Waals surface area contributed by atoms with Crippen LogP contribution < -0.4 is 20.7 Å². The minimum absolute atomic E-state index is 0.0215. The molecule has 3 aromatic rings. The number of nitrogens with one attached hydrogen (secondary N) is 3. The molecule has 0 fully saturated rings. The maximum atomic E-state index is 14.1. The standard InChI is InChI=1S/C39H50F3N3O7Si/c1-23(2)32(34(46)39(40,41)42)44-36(48)33(24-17-19-25(50-6)20-18-24)45-35(47)31(22-52-53(7,8)38(3,4)5)43-37(49)51-21-30-28-15-11-9-13-26(28)27-14-10-12-16-29(27)30/h9-20,23,30-34,46H,21-22H2,1-8H3,(H,43,49)(H,44,48)(H,45,47)/t31-,32-,33-,34-/m0/s1. The summed E-state index contributed by atoms with van der Waals surface area (Å²) in [6.07, 6.45) is -8.77. The molecule has 0 saturated carbocycles. The van der Waals surface area contributed by atoms with E-state index in [1.165, 1.54) is 45.2 Å². The van der Waals surface area contributed by atoms with Gasteiger partial charge in [-0.2, -0.15) is 13.2 Å². The first-order valence-electron chi connectivity index (χ1n) is 17.5. The van der Waals surface area contributed by atoms with Gasteiger partial charge in [0.15, 0.2) is 14.4 Å². The van der Waals surface area contributed by atoms with Crippen LogP contribution in [0, 0.1) is 5.92 Å². The Morgan fingerprint density at radius 1 is 0.830 bits per heavy atom. The SMILES string of the molecule is COc1ccc([C@H](NC(=O)[C@H](CO[Si](C)(C)C(C)(C)C)NC(=O)OCC2c3ccccc3-c3ccccc32)C(=O)N[C@@H](C(C)C)[C@H](O)C(F)(F)F)cc1. The predicted octanol–water partition coefficient (Wildman–Crippen LogP) is 6.85. The molecule has 14 heteroatoms. The third-order valence-electron chi connectivity index (χ3n) is 10.1. The molecule has 3 aromatic carbocycles. The van der Waals surface area contributed by atoms with E-state index in [1.807, 2.05) is 82.4 Å². The average molecular weight is 758 g/mol. The molecule has 0 heterocycles. The average Bonchev–Trinajstić information content (AvgIpc) is 3.42. The van der Waals surface area contributed by atoms with Gasteiger partial charge >= 0.3 is 12.3 Å². The second-order valence-electron chi connectivity index (χ2n) is 15.1. The van der Waals surface area contributed by atoms with Crippen molar-refractivity contribution in [3.05, 3.63) is 89.5 Å². The van der Waals surface area contributed by atoms with Gasteiger partial charge < -0.3 is 35.0 Å². The number of ether oxygens (including phenoxy) is 2. The summed E-state index contributed by atoms with van der Waals surface area (Å²) >= 11 is 0. The molecule has 4 N–H and O–H groups in total. The normalized spacial score (nSPS) is 15.4. The van der Waals surface area contributed by atoms with Crippen molar-refractivity contribution in [1.82, 2.24) is 16.0 Å². The summed E-state index contributed by atoms with van der Waals surface area (Å²) in [6.45, 7) is 12.5. The van der Waals surface area contributed by atoms with Crippen molar-refractivity contribution in [2.75, 3.05) is 20.3 Å². The van der Waals surface area contributed by atoms with Gasteiger partial charge in [-0.25, -0.2) is 4.79 Å². The van der Waals surface area contributed by atoms with Gasteiger partial charge in [-0.05, 0) is 64.0 Å². The molecule has 0 radical (unpaired) electrons. The van der Waals surface area contributed by atoms with Gasteiger partial charge in [-0.1, -0.05) is 95.3 Å². The molecule has 4 atom stereocenters. The lowest BCUT2D eigenvalue weighted by molar-refractivity contribution is -0.215. The minimum Gasteiger partial charge on any atom is -0.497 e. The van der Waals surface area contributed by atoms with Crippen molar-refractivity contribution in [3.8, 4) is 16.9 Å². The Balaban J connectivity index is 1.59. The van der Waals surface area contributed by atoms with Crippen molar-refractivity contribution in [1.29, 1.82) is 0 Å². The summed E-state index contributed by atoms with van der Waals surface area (Å²) in [5, 5.41) is 17.3. The Kier molecular flexibility index (Phi) is 13.1. The van der Waals surface area contributed by atoms with Crippen LogP contribution in [-0.4, -0.2) is 76.0 Å². The van der Waals surface area contributed by atoms with E-state index in [0.29, 0.717) is 5.75 Å². The highest BCUT2D eigenvalue weighted by Gasteiger charge is 2.46. The van der Waals surface area contributed by atoms with Crippen molar-refractivity contribution in [2.24, 2.45) is 5.92 Å². The van der Waals surface area contributed by atoms with Crippen LogP contribution >= 0.6 is 0 Å². The topological polar surface area (TPSA) is 135 Å². The number of benzene rings is 3. The van der Waals surface area contributed by atoms with E-state index in [9.17, 15) is 32.7 Å². The molecule has 4 rings (SSSR count). The van der Waals surface area contributed by atoms with Crippen LogP contribution in [0.3, 0.4) is 0 Å². The molecule has 0 aliphatic heterocycles. The Morgan fingerprint density at radius 3 is 1.87 bits per heavy atom. The number of aliphatic hydroxyl groups excluding tert-OH is 1. The number of carbonyl (C=O) groups excluding carboxylic acids is 3. The van der Waals surface area contributed by atoms with Crippen LogP contribution in [-0.2, 0) is 18.8 Å². The van der Waals surface area contributed by atoms with Crippen LogP contribution in [0.4, 0.5) is 18.0 Å². The van der Waals surface area contributed by atoms with Gasteiger partial charge in [-0.15, -0.1) is 0 Å². The Morgan fingerprint density at radius 2 is 1.38 bits per heavy atom. The summed E-state index contributed by atoms with van der Waals surface area (Å²) in [4.78, 5) is 41.3. The van der Waals surface area contributed by atoms with Gasteiger partial charge in [0.05, 0.1) is 19.8 Å². The predicted molar refractivity (Wildman–Crippen MR) is 198 cm³/mol. The number of aliphatic hydroxyl groups is 1. The number of rotatable bonds is 14. The summed E-state index contributed by atoms with van der Waals surface area (Å²) in [7, 11) is -1.05. The molecule has 0 spiro atoms. The highest BCUT2D eigenvalue weighted by Crippen LogP contribution is 2.44. The number of methoxy groups -OCH3 is 1. The van der Waals surface area contributed by atoms with Crippen LogP contribution in [0.15, 0.2) is 72.8 Å². The molecule has 53 heavy (non-hydrogen) atoms. The van der Waals surface area contributed by atoms with Crippen molar-refractivity contribution >= 4 is 26.2 Å². The van der Waals surface area contributed by atoms with Crippen molar-refractivity contribution in [2.45, 2.75) is 89.1 Å². The molecule has 10 nitrogen and oxygen atoms in total. The van der Waals surface area contributed by atoms with E-state index >= 15 is 0 Å². The van der Waals surface area contributed by atoms with E-state index in [4.69, 9.17) is 13.9 Å². The van der Waals surface area contributed by atoms with Crippen LogP contribution in [0.5, 0.6) is 5.75 Å². The van der Waals surface area contributed by atoms with E-state index < -0.39 is 62.5 Å². The third kappa shape index (κ3) is 9.98. The fourth-order valence-corrected chi connectivity index (χ4v) is 6.89. The molecular formula is C39H50F3N3O7Si.